The van der Waals surface area contributed by atoms with Crippen LogP contribution in [0.4, 0.5) is 0 Å². The van der Waals surface area contributed by atoms with Crippen LogP contribution in [0, 0.1) is 13.8 Å². The van der Waals surface area contributed by atoms with Gasteiger partial charge in [-0.3, -0.25) is 9.89 Å². The van der Waals surface area contributed by atoms with Crippen LogP contribution in [0.3, 0.4) is 0 Å². The maximum absolute atomic E-state index is 13.9. The Morgan fingerprint density at radius 1 is 1.07 bits per heavy atom. The number of rotatable bonds is 11. The minimum Gasteiger partial charge on any atom is -0.507 e. The van der Waals surface area contributed by atoms with Gasteiger partial charge < -0.3 is 24.2 Å². The van der Waals surface area contributed by atoms with Gasteiger partial charge in [-0.2, -0.15) is 5.10 Å². The summed E-state index contributed by atoms with van der Waals surface area (Å²) in [5, 5.41) is 18.6. The van der Waals surface area contributed by atoms with Gasteiger partial charge in [0.25, 0.3) is 5.91 Å². The molecule has 0 saturated heterocycles. The number of phenolic OH excluding ortho intramolecular Hbond substituents is 1. The number of carbonyl (C=O) groups excluding carboxylic acids is 1. The molecule has 1 atom stereocenters. The Balaban J connectivity index is 1.61. The number of hydrogen-bond acceptors (Lipinski definition) is 6. The number of hydrogen-bond donors (Lipinski definition) is 2. The lowest BCUT2D eigenvalue weighted by molar-refractivity contribution is 0.0745. The van der Waals surface area contributed by atoms with Gasteiger partial charge >= 0.3 is 0 Å². The zero-order chi connectivity index (χ0) is 29.1. The van der Waals surface area contributed by atoms with E-state index in [1.807, 2.05) is 80.3 Å². The Hall–Kier alpha value is -4.72. The SMILES string of the molecule is C=CCOc1ccc(C2c3c(-c4cc(C)cc(C)c4O)n[nH]c3C(=O)N2CCc2ccc(OC)cc2)cc1OCC. The molecule has 0 radical (unpaired) electrons. The molecule has 41 heavy (non-hydrogen) atoms. The molecule has 0 bridgehead atoms. The molecule has 4 aromatic rings. The predicted octanol–water partition coefficient (Wildman–Crippen LogP) is 6.16. The fourth-order valence-corrected chi connectivity index (χ4v) is 5.39. The zero-order valence-corrected chi connectivity index (χ0v) is 23.9. The number of H-pyrrole nitrogens is 1. The second-order valence-electron chi connectivity index (χ2n) is 10.1. The Morgan fingerprint density at radius 2 is 1.85 bits per heavy atom. The molecule has 2 heterocycles. The van der Waals surface area contributed by atoms with Crippen molar-refractivity contribution in [1.29, 1.82) is 0 Å². The van der Waals surface area contributed by atoms with E-state index in [0.717, 1.165) is 33.6 Å². The number of aryl methyl sites for hydroxylation is 2. The highest BCUT2D eigenvalue weighted by atomic mass is 16.5. The van der Waals surface area contributed by atoms with Crippen molar-refractivity contribution in [3.05, 3.63) is 101 Å². The molecule has 1 amide bonds. The Bertz CT molecular complexity index is 1570. The van der Waals surface area contributed by atoms with E-state index < -0.39 is 6.04 Å². The summed E-state index contributed by atoms with van der Waals surface area (Å²) in [6.45, 7) is 10.8. The minimum atomic E-state index is -0.461. The van der Waals surface area contributed by atoms with Crippen LogP contribution >= 0.6 is 0 Å². The summed E-state index contributed by atoms with van der Waals surface area (Å²) in [5.41, 5.74) is 5.97. The van der Waals surface area contributed by atoms with Crippen molar-refractivity contribution in [2.45, 2.75) is 33.2 Å². The molecule has 3 aromatic carbocycles. The van der Waals surface area contributed by atoms with Crippen molar-refractivity contribution in [2.24, 2.45) is 0 Å². The number of aromatic hydroxyl groups is 1. The molecule has 2 N–H and O–H groups in total. The molecule has 8 nitrogen and oxygen atoms in total. The molecular weight excluding hydrogens is 518 g/mol. The molecule has 1 aliphatic heterocycles. The zero-order valence-electron chi connectivity index (χ0n) is 23.9. The molecule has 0 spiro atoms. The summed E-state index contributed by atoms with van der Waals surface area (Å²) in [6, 6.07) is 17.0. The van der Waals surface area contributed by atoms with E-state index in [2.05, 4.69) is 16.8 Å². The number of aromatic amines is 1. The van der Waals surface area contributed by atoms with Crippen LogP contribution in [-0.4, -0.2) is 53.0 Å². The number of aromatic nitrogens is 2. The quantitative estimate of drug-likeness (QED) is 0.216. The van der Waals surface area contributed by atoms with Crippen molar-refractivity contribution in [3.63, 3.8) is 0 Å². The predicted molar refractivity (Wildman–Crippen MR) is 158 cm³/mol. The summed E-state index contributed by atoms with van der Waals surface area (Å²) in [5.74, 6) is 1.97. The summed E-state index contributed by atoms with van der Waals surface area (Å²) in [7, 11) is 1.64. The number of fused-ring (bicyclic) bond motifs is 1. The van der Waals surface area contributed by atoms with E-state index >= 15 is 0 Å². The summed E-state index contributed by atoms with van der Waals surface area (Å²) in [4.78, 5) is 15.7. The van der Waals surface area contributed by atoms with Crippen molar-refractivity contribution < 1.29 is 24.1 Å². The van der Waals surface area contributed by atoms with Crippen LogP contribution in [0.25, 0.3) is 11.3 Å². The fraction of sp³-hybridized carbons (Fsp3) is 0.273. The topological polar surface area (TPSA) is 96.9 Å². The van der Waals surface area contributed by atoms with E-state index in [9.17, 15) is 9.90 Å². The standard InChI is InChI=1S/C33H35N3O5/c1-6-16-41-26-13-10-23(19-27(26)40-7-2)31-28-29(25-18-20(3)17-21(4)32(25)37)34-35-30(28)33(38)36(31)15-14-22-8-11-24(39-5)12-9-22/h6,8-13,17-19,31,37H,1,7,14-16H2,2-5H3,(H,34,35). The van der Waals surface area contributed by atoms with Gasteiger partial charge in [-0.15, -0.1) is 0 Å². The number of phenols is 1. The second-order valence-corrected chi connectivity index (χ2v) is 10.1. The van der Waals surface area contributed by atoms with E-state index in [4.69, 9.17) is 14.2 Å². The highest BCUT2D eigenvalue weighted by Crippen LogP contribution is 2.46. The van der Waals surface area contributed by atoms with E-state index in [1.54, 1.807) is 13.2 Å². The lowest BCUT2D eigenvalue weighted by atomic mass is 9.93. The number of amides is 1. The van der Waals surface area contributed by atoms with Crippen LogP contribution < -0.4 is 14.2 Å². The molecule has 1 unspecified atom stereocenters. The van der Waals surface area contributed by atoms with Gasteiger partial charge in [0.05, 0.1) is 19.8 Å². The Kier molecular flexibility index (Phi) is 8.01. The third-order valence-electron chi connectivity index (χ3n) is 7.30. The first kappa shape index (κ1) is 27.8. The lowest BCUT2D eigenvalue weighted by Gasteiger charge is -2.27. The van der Waals surface area contributed by atoms with E-state index in [-0.39, 0.29) is 11.7 Å². The maximum Gasteiger partial charge on any atom is 0.273 e. The first-order valence-electron chi connectivity index (χ1n) is 13.7. The van der Waals surface area contributed by atoms with E-state index in [0.29, 0.717) is 54.6 Å². The molecular formula is C33H35N3O5. The lowest BCUT2D eigenvalue weighted by Crippen LogP contribution is -2.31. The molecule has 0 fully saturated rings. The number of carbonyl (C=O) groups is 1. The molecule has 0 aliphatic carbocycles. The first-order valence-corrected chi connectivity index (χ1v) is 13.7. The van der Waals surface area contributed by atoms with Gasteiger partial charge in [-0.05, 0) is 79.8 Å². The van der Waals surface area contributed by atoms with Crippen LogP contribution in [0.15, 0.2) is 67.3 Å². The number of benzene rings is 3. The summed E-state index contributed by atoms with van der Waals surface area (Å²) in [6.07, 6.45) is 2.33. The highest BCUT2D eigenvalue weighted by Gasteiger charge is 2.42. The molecule has 0 saturated carbocycles. The largest absolute Gasteiger partial charge is 0.507 e. The van der Waals surface area contributed by atoms with Crippen molar-refractivity contribution in [1.82, 2.24) is 15.1 Å². The van der Waals surface area contributed by atoms with Crippen LogP contribution in [-0.2, 0) is 6.42 Å². The Labute approximate surface area is 240 Å². The van der Waals surface area contributed by atoms with Crippen LogP contribution in [0.5, 0.6) is 23.0 Å². The number of nitrogens with one attached hydrogen (secondary N) is 1. The number of nitrogens with zero attached hydrogens (tertiary/aromatic N) is 2. The first-order chi connectivity index (χ1) is 19.9. The van der Waals surface area contributed by atoms with Gasteiger partial charge in [0, 0.05) is 17.7 Å². The maximum atomic E-state index is 13.9. The highest BCUT2D eigenvalue weighted by molar-refractivity contribution is 6.00. The number of methoxy groups -OCH3 is 1. The average molecular weight is 554 g/mol. The summed E-state index contributed by atoms with van der Waals surface area (Å²) >= 11 is 0. The molecule has 1 aromatic heterocycles. The minimum absolute atomic E-state index is 0.147. The van der Waals surface area contributed by atoms with E-state index in [1.165, 1.54) is 0 Å². The Morgan fingerprint density at radius 3 is 2.56 bits per heavy atom. The van der Waals surface area contributed by atoms with Crippen LogP contribution in [0.2, 0.25) is 0 Å². The molecule has 8 heteroatoms. The molecule has 1 aliphatic rings. The van der Waals surface area contributed by atoms with Gasteiger partial charge in [-0.25, -0.2) is 0 Å². The van der Waals surface area contributed by atoms with Gasteiger partial charge in [-0.1, -0.05) is 36.9 Å². The van der Waals surface area contributed by atoms with Crippen molar-refractivity contribution in [3.8, 4) is 34.3 Å². The second kappa shape index (κ2) is 11.8. The average Bonchev–Trinajstić information content (AvgIpc) is 3.52. The normalized spacial score (nSPS) is 14.2. The monoisotopic (exact) mass is 553 g/mol. The van der Waals surface area contributed by atoms with Crippen LogP contribution in [0.1, 0.15) is 51.3 Å². The third-order valence-corrected chi connectivity index (χ3v) is 7.30. The third kappa shape index (κ3) is 5.37. The summed E-state index contributed by atoms with van der Waals surface area (Å²) < 4.78 is 17.1. The molecule has 212 valence electrons. The van der Waals surface area contributed by atoms with Gasteiger partial charge in [0.1, 0.15) is 29.5 Å². The fourth-order valence-electron chi connectivity index (χ4n) is 5.39. The van der Waals surface area contributed by atoms with Gasteiger partial charge in [0.2, 0.25) is 0 Å². The van der Waals surface area contributed by atoms with Crippen molar-refractivity contribution >= 4 is 5.91 Å². The number of ether oxygens (including phenoxy) is 3. The smallest absolute Gasteiger partial charge is 0.273 e. The van der Waals surface area contributed by atoms with Gasteiger partial charge in [0.15, 0.2) is 11.5 Å². The molecule has 5 rings (SSSR count). The van der Waals surface area contributed by atoms with Crippen molar-refractivity contribution in [2.75, 3.05) is 26.9 Å².